The second-order valence-corrected chi connectivity index (χ2v) is 5.23. The van der Waals surface area contributed by atoms with Crippen LogP contribution < -0.4 is 4.84 Å². The van der Waals surface area contributed by atoms with Gasteiger partial charge in [0.05, 0.1) is 0 Å². The van der Waals surface area contributed by atoms with Crippen LogP contribution in [0.2, 0.25) is 0 Å². The van der Waals surface area contributed by atoms with Gasteiger partial charge in [-0.1, -0.05) is 47.6 Å². The minimum atomic E-state index is -0.0264. The smallest absolute Gasteiger partial charge is 0.177 e. The Morgan fingerprint density at radius 1 is 0.760 bits per heavy atom. The van der Waals surface area contributed by atoms with E-state index >= 15 is 0 Å². The summed E-state index contributed by atoms with van der Waals surface area (Å²) in [4.78, 5) is 14.1. The van der Waals surface area contributed by atoms with E-state index in [1.807, 2.05) is 54.6 Å². The topological polar surface area (TPSA) is 95.0 Å². The molecule has 0 saturated heterocycles. The molecule has 3 aromatic rings. The normalized spacial score (nSPS) is 12.8. The average molecular weight is 323 g/mol. The molecule has 1 heterocycles. The number of nitriles is 2. The first-order valence-electron chi connectivity index (χ1n) is 7.44. The molecule has 4 rings (SSSR count). The van der Waals surface area contributed by atoms with Crippen molar-refractivity contribution in [3.63, 3.8) is 0 Å². The molecule has 25 heavy (non-hydrogen) atoms. The summed E-state index contributed by atoms with van der Waals surface area (Å²) < 4.78 is 0. The number of rotatable bonds is 2. The molecule has 1 aliphatic rings. The monoisotopic (exact) mass is 323 g/mol. The molecular weight excluding hydrogens is 314 g/mol. The van der Waals surface area contributed by atoms with E-state index in [-0.39, 0.29) is 11.4 Å². The molecule has 0 radical (unpaired) electrons. The third-order valence-electron chi connectivity index (χ3n) is 3.75. The van der Waals surface area contributed by atoms with Crippen LogP contribution in [0.4, 0.5) is 0 Å². The molecule has 0 fully saturated rings. The van der Waals surface area contributed by atoms with Gasteiger partial charge >= 0.3 is 0 Å². The molecule has 0 unspecified atom stereocenters. The highest BCUT2D eigenvalue weighted by molar-refractivity contribution is 6.22. The Morgan fingerprint density at radius 3 is 2.04 bits per heavy atom. The first-order chi connectivity index (χ1) is 12.3. The highest BCUT2D eigenvalue weighted by Gasteiger charge is 2.30. The summed E-state index contributed by atoms with van der Waals surface area (Å²) in [6.45, 7) is 0. The van der Waals surface area contributed by atoms with Crippen molar-refractivity contribution in [2.75, 3.05) is 0 Å². The van der Waals surface area contributed by atoms with Crippen molar-refractivity contribution in [3.05, 3.63) is 77.2 Å². The zero-order valence-corrected chi connectivity index (χ0v) is 12.8. The van der Waals surface area contributed by atoms with Gasteiger partial charge in [0.25, 0.3) is 0 Å². The number of aromatic nitrogens is 2. The van der Waals surface area contributed by atoms with E-state index in [1.165, 1.54) is 0 Å². The third-order valence-corrected chi connectivity index (χ3v) is 3.75. The maximum atomic E-state index is 9.22. The van der Waals surface area contributed by atoms with Crippen molar-refractivity contribution >= 4 is 5.71 Å². The Hall–Kier alpha value is -4.03. The molecule has 116 valence electrons. The average Bonchev–Trinajstić information content (AvgIpc) is 2.98. The Balaban J connectivity index is 1.89. The highest BCUT2D eigenvalue weighted by Crippen LogP contribution is 2.35. The summed E-state index contributed by atoms with van der Waals surface area (Å²) in [5.41, 5.74) is 3.04. The van der Waals surface area contributed by atoms with Crippen molar-refractivity contribution in [2.24, 2.45) is 5.16 Å². The van der Waals surface area contributed by atoms with Crippen molar-refractivity contribution in [1.29, 1.82) is 10.5 Å². The Morgan fingerprint density at radius 2 is 1.36 bits per heavy atom. The summed E-state index contributed by atoms with van der Waals surface area (Å²) in [7, 11) is 0. The van der Waals surface area contributed by atoms with E-state index in [2.05, 4.69) is 15.1 Å². The highest BCUT2D eigenvalue weighted by atomic mass is 16.6. The summed E-state index contributed by atoms with van der Waals surface area (Å²) in [6.07, 6.45) is 0. The minimum Gasteiger partial charge on any atom is -0.356 e. The van der Waals surface area contributed by atoms with E-state index in [0.717, 1.165) is 11.1 Å². The molecule has 0 spiro atoms. The third kappa shape index (κ3) is 2.39. The van der Waals surface area contributed by atoms with Crippen LogP contribution in [0.3, 0.4) is 0 Å². The molecule has 2 aromatic carbocycles. The van der Waals surface area contributed by atoms with Crippen LogP contribution in [0.5, 0.6) is 5.75 Å². The Bertz CT molecular complexity index is 1090. The molecule has 6 heteroatoms. The standard InChI is InChI=1S/C19H9N5O/c20-10-15-16(11-21)23-19-17(22-15)13-8-4-5-9-14(13)18(19)24-25-12-6-2-1-3-7-12/h1-9H/b24-18-. The summed E-state index contributed by atoms with van der Waals surface area (Å²) in [6, 6.07) is 20.5. The second-order valence-electron chi connectivity index (χ2n) is 5.23. The van der Waals surface area contributed by atoms with Crippen LogP contribution in [0.25, 0.3) is 11.3 Å². The van der Waals surface area contributed by atoms with Gasteiger partial charge in [-0.15, -0.1) is 0 Å². The SMILES string of the molecule is N#Cc1nc2c(nc1C#N)-c1ccccc1/C2=N/Oc1ccccc1. The molecule has 0 saturated carbocycles. The Labute approximate surface area is 143 Å². The first kappa shape index (κ1) is 14.6. The minimum absolute atomic E-state index is 0.00119. The van der Waals surface area contributed by atoms with E-state index < -0.39 is 0 Å². The second kappa shape index (κ2) is 5.88. The van der Waals surface area contributed by atoms with Gasteiger partial charge in [-0.25, -0.2) is 9.97 Å². The van der Waals surface area contributed by atoms with Crippen molar-refractivity contribution in [2.45, 2.75) is 0 Å². The molecule has 0 atom stereocenters. The number of fused-ring (bicyclic) bond motifs is 3. The van der Waals surface area contributed by atoms with Gasteiger partial charge in [-0.2, -0.15) is 10.5 Å². The number of benzene rings is 2. The quantitative estimate of drug-likeness (QED) is 0.528. The first-order valence-corrected chi connectivity index (χ1v) is 7.44. The van der Waals surface area contributed by atoms with Crippen LogP contribution >= 0.6 is 0 Å². The van der Waals surface area contributed by atoms with Gasteiger partial charge in [0.2, 0.25) is 0 Å². The lowest BCUT2D eigenvalue weighted by molar-refractivity contribution is 0.342. The van der Waals surface area contributed by atoms with E-state index in [0.29, 0.717) is 22.8 Å². The van der Waals surface area contributed by atoms with Gasteiger partial charge in [0.1, 0.15) is 29.2 Å². The predicted octanol–water partition coefficient (Wildman–Crippen LogP) is 3.03. The van der Waals surface area contributed by atoms with Crippen molar-refractivity contribution < 1.29 is 4.84 Å². The summed E-state index contributed by atoms with van der Waals surface area (Å²) in [5, 5.41) is 22.6. The van der Waals surface area contributed by atoms with Crippen LogP contribution in [-0.2, 0) is 0 Å². The molecular formula is C19H9N5O. The number of oxime groups is 1. The predicted molar refractivity (Wildman–Crippen MR) is 89.6 cm³/mol. The van der Waals surface area contributed by atoms with Crippen LogP contribution in [0, 0.1) is 22.7 Å². The lowest BCUT2D eigenvalue weighted by Gasteiger charge is -2.02. The van der Waals surface area contributed by atoms with Crippen LogP contribution in [0.1, 0.15) is 22.6 Å². The molecule has 1 aromatic heterocycles. The zero-order chi connectivity index (χ0) is 17.2. The Kier molecular flexibility index (Phi) is 3.42. The van der Waals surface area contributed by atoms with Gasteiger partial charge in [0.15, 0.2) is 17.1 Å². The fourth-order valence-corrected chi connectivity index (χ4v) is 2.64. The molecule has 0 N–H and O–H groups in total. The lowest BCUT2D eigenvalue weighted by atomic mass is 10.1. The number of hydrogen-bond acceptors (Lipinski definition) is 6. The van der Waals surface area contributed by atoms with Crippen molar-refractivity contribution in [1.82, 2.24) is 9.97 Å². The number of nitrogens with zero attached hydrogens (tertiary/aromatic N) is 5. The van der Waals surface area contributed by atoms with E-state index in [9.17, 15) is 10.5 Å². The molecule has 0 bridgehead atoms. The number of hydrogen-bond donors (Lipinski definition) is 0. The van der Waals surface area contributed by atoms with Gasteiger partial charge in [-0.3, -0.25) is 0 Å². The largest absolute Gasteiger partial charge is 0.356 e. The van der Waals surface area contributed by atoms with Gasteiger partial charge in [0, 0.05) is 11.1 Å². The van der Waals surface area contributed by atoms with E-state index in [4.69, 9.17) is 4.84 Å². The zero-order valence-electron chi connectivity index (χ0n) is 12.8. The fraction of sp³-hybridized carbons (Fsp3) is 0. The van der Waals surface area contributed by atoms with Gasteiger partial charge in [-0.05, 0) is 12.1 Å². The van der Waals surface area contributed by atoms with Gasteiger partial charge < -0.3 is 4.84 Å². The van der Waals surface area contributed by atoms with Crippen molar-refractivity contribution in [3.8, 4) is 29.1 Å². The fourth-order valence-electron chi connectivity index (χ4n) is 2.64. The molecule has 0 amide bonds. The maximum Gasteiger partial charge on any atom is 0.177 e. The summed E-state index contributed by atoms with van der Waals surface area (Å²) >= 11 is 0. The van der Waals surface area contributed by atoms with Crippen LogP contribution in [0.15, 0.2) is 59.8 Å². The number of para-hydroxylation sites is 1. The maximum absolute atomic E-state index is 9.22. The lowest BCUT2D eigenvalue weighted by Crippen LogP contribution is -2.07. The molecule has 0 aliphatic heterocycles. The molecule has 6 nitrogen and oxygen atoms in total. The van der Waals surface area contributed by atoms with Crippen LogP contribution in [-0.4, -0.2) is 15.7 Å². The molecule has 1 aliphatic carbocycles. The van der Waals surface area contributed by atoms with E-state index in [1.54, 1.807) is 12.1 Å². The summed E-state index contributed by atoms with van der Waals surface area (Å²) in [5.74, 6) is 0.586.